The molecule has 1 aromatic rings. The van der Waals surface area contributed by atoms with Crippen LogP contribution in [0.1, 0.15) is 13.3 Å². The molecule has 0 radical (unpaired) electrons. The zero-order valence-corrected chi connectivity index (χ0v) is 9.60. The minimum absolute atomic E-state index is 0.00815. The summed E-state index contributed by atoms with van der Waals surface area (Å²) in [5, 5.41) is 9.64. The third-order valence-corrected chi connectivity index (χ3v) is 3.67. The summed E-state index contributed by atoms with van der Waals surface area (Å²) in [6.07, 6.45) is 2.57. The zero-order chi connectivity index (χ0) is 9.68. The minimum atomic E-state index is -0.00815. The van der Waals surface area contributed by atoms with Crippen molar-refractivity contribution < 1.29 is 0 Å². The van der Waals surface area contributed by atoms with Crippen LogP contribution < -0.4 is 0 Å². The molecule has 68 valence electrons. The molecular formula is C9H9BrN2S. The van der Waals surface area contributed by atoms with Crippen molar-refractivity contribution in [1.82, 2.24) is 4.98 Å². The largest absolute Gasteiger partial charge is 0.249 e. The topological polar surface area (TPSA) is 36.7 Å². The second-order valence-electron chi connectivity index (χ2n) is 2.43. The van der Waals surface area contributed by atoms with Crippen LogP contribution in [0.25, 0.3) is 0 Å². The molecular weight excluding hydrogens is 248 g/mol. The molecule has 0 aromatic carbocycles. The Kier molecular flexibility index (Phi) is 4.26. The number of pyridine rings is 1. The maximum Gasteiger partial charge on any atom is 0.111 e. The summed E-state index contributed by atoms with van der Waals surface area (Å²) in [4.78, 5) is 4.18. The van der Waals surface area contributed by atoms with Crippen LogP contribution in [0.3, 0.4) is 0 Å². The molecule has 0 N–H and O–H groups in total. The van der Waals surface area contributed by atoms with E-state index in [1.807, 2.05) is 19.1 Å². The molecule has 1 atom stereocenters. The molecule has 13 heavy (non-hydrogen) atoms. The summed E-state index contributed by atoms with van der Waals surface area (Å²) in [5.74, 6) is 0. The molecule has 0 aliphatic carbocycles. The van der Waals surface area contributed by atoms with Gasteiger partial charge in [-0.15, -0.1) is 0 Å². The molecule has 1 aromatic heterocycles. The van der Waals surface area contributed by atoms with Crippen LogP contribution >= 0.6 is 27.7 Å². The molecule has 0 amide bonds. The predicted molar refractivity (Wildman–Crippen MR) is 57.5 cm³/mol. The summed E-state index contributed by atoms with van der Waals surface area (Å²) in [5.41, 5.74) is 0. The highest BCUT2D eigenvalue weighted by atomic mass is 79.9. The van der Waals surface area contributed by atoms with Gasteiger partial charge in [-0.2, -0.15) is 5.26 Å². The van der Waals surface area contributed by atoms with E-state index in [4.69, 9.17) is 5.26 Å². The quantitative estimate of drug-likeness (QED) is 0.780. The van der Waals surface area contributed by atoms with E-state index in [1.165, 1.54) is 11.8 Å². The van der Waals surface area contributed by atoms with Gasteiger partial charge in [0.1, 0.15) is 5.03 Å². The third kappa shape index (κ3) is 3.02. The third-order valence-electron chi connectivity index (χ3n) is 1.49. The van der Waals surface area contributed by atoms with Crippen LogP contribution in [-0.4, -0.2) is 10.2 Å². The Morgan fingerprint density at radius 3 is 3.08 bits per heavy atom. The number of nitrogens with zero attached hydrogens (tertiary/aromatic N) is 2. The smallest absolute Gasteiger partial charge is 0.111 e. The van der Waals surface area contributed by atoms with E-state index in [1.54, 1.807) is 6.20 Å². The van der Waals surface area contributed by atoms with Gasteiger partial charge in [0.05, 0.1) is 11.3 Å². The van der Waals surface area contributed by atoms with Gasteiger partial charge in [-0.3, -0.25) is 0 Å². The summed E-state index contributed by atoms with van der Waals surface area (Å²) >= 11 is 4.89. The Bertz CT molecular complexity index is 322. The molecule has 0 aliphatic rings. The van der Waals surface area contributed by atoms with Crippen LogP contribution in [0.4, 0.5) is 0 Å². The number of rotatable bonds is 3. The number of hydrogen-bond donors (Lipinski definition) is 0. The van der Waals surface area contributed by atoms with Crippen molar-refractivity contribution in [2.24, 2.45) is 0 Å². The van der Waals surface area contributed by atoms with Crippen molar-refractivity contribution in [2.45, 2.75) is 23.6 Å². The van der Waals surface area contributed by atoms with Crippen molar-refractivity contribution >= 4 is 27.7 Å². The van der Waals surface area contributed by atoms with Crippen LogP contribution in [0.15, 0.2) is 27.8 Å². The average molecular weight is 257 g/mol. The number of aromatic nitrogens is 1. The normalized spacial score (nSPS) is 12.1. The lowest BCUT2D eigenvalue weighted by Crippen LogP contribution is -1.96. The lowest BCUT2D eigenvalue weighted by molar-refractivity contribution is 0.975. The fourth-order valence-corrected chi connectivity index (χ4v) is 2.12. The summed E-state index contributed by atoms with van der Waals surface area (Å²) < 4.78 is 0.953. The zero-order valence-electron chi connectivity index (χ0n) is 7.20. The van der Waals surface area contributed by atoms with Crippen molar-refractivity contribution in [3.8, 4) is 6.07 Å². The Morgan fingerprint density at radius 1 is 1.77 bits per heavy atom. The predicted octanol–water partition coefficient (Wildman–Crippen LogP) is 3.24. The molecule has 0 saturated carbocycles. The molecule has 2 nitrogen and oxygen atoms in total. The molecule has 4 heteroatoms. The van der Waals surface area contributed by atoms with Gasteiger partial charge < -0.3 is 0 Å². The van der Waals surface area contributed by atoms with Gasteiger partial charge >= 0.3 is 0 Å². The lowest BCUT2D eigenvalue weighted by Gasteiger charge is -2.05. The van der Waals surface area contributed by atoms with Crippen molar-refractivity contribution in [2.75, 3.05) is 0 Å². The summed E-state index contributed by atoms with van der Waals surface area (Å²) in [6.45, 7) is 2.00. The summed E-state index contributed by atoms with van der Waals surface area (Å²) in [6, 6.07) is 6.02. The SMILES string of the molecule is CCC(C#N)Sc1ncccc1Br. The van der Waals surface area contributed by atoms with Gasteiger partial charge in [0.25, 0.3) is 0 Å². The van der Waals surface area contributed by atoms with Gasteiger partial charge in [-0.25, -0.2) is 4.98 Å². The van der Waals surface area contributed by atoms with E-state index >= 15 is 0 Å². The van der Waals surface area contributed by atoms with Gasteiger partial charge in [0.15, 0.2) is 0 Å². The van der Waals surface area contributed by atoms with Gasteiger partial charge in [-0.1, -0.05) is 18.7 Å². The van der Waals surface area contributed by atoms with E-state index in [-0.39, 0.29) is 5.25 Å². The van der Waals surface area contributed by atoms with E-state index in [2.05, 4.69) is 27.0 Å². The summed E-state index contributed by atoms with van der Waals surface area (Å²) in [7, 11) is 0. The maximum absolute atomic E-state index is 8.76. The number of hydrogen-bond acceptors (Lipinski definition) is 3. The maximum atomic E-state index is 8.76. The van der Waals surface area contributed by atoms with Crippen LogP contribution in [-0.2, 0) is 0 Å². The first kappa shape index (κ1) is 10.6. The van der Waals surface area contributed by atoms with E-state index < -0.39 is 0 Å². The van der Waals surface area contributed by atoms with Crippen LogP contribution in [0.5, 0.6) is 0 Å². The number of nitriles is 1. The fraction of sp³-hybridized carbons (Fsp3) is 0.333. The number of halogens is 1. The van der Waals surface area contributed by atoms with E-state index in [0.29, 0.717) is 0 Å². The molecule has 0 fully saturated rings. The number of thioether (sulfide) groups is 1. The Hall–Kier alpha value is -0.530. The standard InChI is InChI=1S/C9H9BrN2S/c1-2-7(6-11)13-9-8(10)4-3-5-12-9/h3-5,7H,2H2,1H3. The second kappa shape index (κ2) is 5.25. The van der Waals surface area contributed by atoms with Crippen molar-refractivity contribution in [1.29, 1.82) is 5.26 Å². The second-order valence-corrected chi connectivity index (χ2v) is 4.48. The highest BCUT2D eigenvalue weighted by Gasteiger charge is 2.09. The van der Waals surface area contributed by atoms with E-state index in [0.717, 1.165) is 15.9 Å². The van der Waals surface area contributed by atoms with Gasteiger partial charge in [0, 0.05) is 10.7 Å². The Morgan fingerprint density at radius 2 is 2.54 bits per heavy atom. The van der Waals surface area contributed by atoms with Gasteiger partial charge in [0.2, 0.25) is 0 Å². The highest BCUT2D eigenvalue weighted by molar-refractivity contribution is 9.10. The molecule has 1 heterocycles. The molecule has 0 spiro atoms. The van der Waals surface area contributed by atoms with E-state index in [9.17, 15) is 0 Å². The molecule has 1 rings (SSSR count). The first-order chi connectivity index (χ1) is 6.27. The average Bonchev–Trinajstić information content (AvgIpc) is 2.17. The molecule has 0 saturated heterocycles. The molecule has 1 unspecified atom stereocenters. The fourth-order valence-electron chi connectivity index (χ4n) is 0.794. The first-order valence-electron chi connectivity index (χ1n) is 3.94. The van der Waals surface area contributed by atoms with Gasteiger partial charge in [-0.05, 0) is 34.5 Å². The Balaban J connectivity index is 2.74. The van der Waals surface area contributed by atoms with Crippen molar-refractivity contribution in [3.05, 3.63) is 22.8 Å². The van der Waals surface area contributed by atoms with Crippen molar-refractivity contribution in [3.63, 3.8) is 0 Å². The first-order valence-corrected chi connectivity index (χ1v) is 5.62. The molecule has 0 bridgehead atoms. The monoisotopic (exact) mass is 256 g/mol. The van der Waals surface area contributed by atoms with Crippen LogP contribution in [0, 0.1) is 11.3 Å². The van der Waals surface area contributed by atoms with Crippen LogP contribution in [0.2, 0.25) is 0 Å². The molecule has 0 aliphatic heterocycles. The minimum Gasteiger partial charge on any atom is -0.249 e. The lowest BCUT2D eigenvalue weighted by atomic mass is 10.4. The Labute approximate surface area is 90.5 Å². The highest BCUT2D eigenvalue weighted by Crippen LogP contribution is 2.29.